The maximum atomic E-state index is 13.9. The van der Waals surface area contributed by atoms with Gasteiger partial charge in [0.15, 0.2) is 6.04 Å². The number of aryl methyl sites for hydroxylation is 1. The van der Waals surface area contributed by atoms with Crippen molar-refractivity contribution in [2.24, 2.45) is 0 Å². The van der Waals surface area contributed by atoms with E-state index in [4.69, 9.17) is 9.15 Å². The standard InChI is InChI=1S/C29H31N3O7S/c1-20-8-2-3-9-21(20)14-15-31(26(33)19-32-29(35)23-11-4-5-13-25(23)40(32,36)37)27(24-12-7-17-39-24)28(34)30-18-22-10-6-16-38-22/h2-5,7-9,11-13,17,22,27H,6,10,14-16,18-19H2,1H3,(H,30,34)/t22-,27-/m0/s1. The van der Waals surface area contributed by atoms with Crippen molar-refractivity contribution in [3.63, 3.8) is 0 Å². The average molecular weight is 566 g/mol. The van der Waals surface area contributed by atoms with Gasteiger partial charge in [-0.25, -0.2) is 12.7 Å². The Balaban J connectivity index is 1.45. The number of hydrogen-bond acceptors (Lipinski definition) is 7. The predicted molar refractivity (Wildman–Crippen MR) is 145 cm³/mol. The molecule has 2 aromatic carbocycles. The summed E-state index contributed by atoms with van der Waals surface area (Å²) < 4.78 is 38.2. The Morgan fingerprint density at radius 3 is 2.58 bits per heavy atom. The highest BCUT2D eigenvalue weighted by molar-refractivity contribution is 7.90. The molecule has 1 aromatic heterocycles. The second kappa shape index (κ2) is 11.6. The van der Waals surface area contributed by atoms with Gasteiger partial charge in [-0.2, -0.15) is 0 Å². The first kappa shape index (κ1) is 27.6. The van der Waals surface area contributed by atoms with Crippen LogP contribution in [0.1, 0.15) is 46.1 Å². The summed E-state index contributed by atoms with van der Waals surface area (Å²) in [6.45, 7) is 2.18. The number of amides is 3. The molecule has 11 heteroatoms. The molecule has 210 valence electrons. The van der Waals surface area contributed by atoms with Crippen molar-refractivity contribution in [3.8, 4) is 0 Å². The summed E-state index contributed by atoms with van der Waals surface area (Å²) >= 11 is 0. The number of fused-ring (bicyclic) bond motifs is 1. The van der Waals surface area contributed by atoms with Gasteiger partial charge in [0.05, 0.1) is 17.9 Å². The zero-order chi connectivity index (χ0) is 28.3. The number of rotatable bonds is 10. The lowest BCUT2D eigenvalue weighted by Gasteiger charge is -2.31. The van der Waals surface area contributed by atoms with E-state index < -0.39 is 40.3 Å². The summed E-state index contributed by atoms with van der Waals surface area (Å²) in [5.74, 6) is -1.74. The number of carbonyl (C=O) groups excluding carboxylic acids is 3. The van der Waals surface area contributed by atoms with Crippen LogP contribution >= 0.6 is 0 Å². The molecule has 10 nitrogen and oxygen atoms in total. The zero-order valence-corrected chi connectivity index (χ0v) is 22.9. The fourth-order valence-corrected chi connectivity index (χ4v) is 6.64. The van der Waals surface area contributed by atoms with Gasteiger partial charge in [-0.1, -0.05) is 36.4 Å². The molecule has 40 heavy (non-hydrogen) atoms. The van der Waals surface area contributed by atoms with Crippen LogP contribution in [0.4, 0.5) is 0 Å². The van der Waals surface area contributed by atoms with Crippen LogP contribution in [0.5, 0.6) is 0 Å². The summed E-state index contributed by atoms with van der Waals surface area (Å²) in [5.41, 5.74) is 1.99. The van der Waals surface area contributed by atoms with Crippen LogP contribution in [0.3, 0.4) is 0 Å². The molecule has 0 saturated carbocycles. The van der Waals surface area contributed by atoms with Crippen LogP contribution < -0.4 is 5.32 Å². The minimum absolute atomic E-state index is 0.0126. The zero-order valence-electron chi connectivity index (χ0n) is 22.1. The normalized spacial score (nSPS) is 18.4. The maximum absolute atomic E-state index is 13.9. The first-order chi connectivity index (χ1) is 19.3. The van der Waals surface area contributed by atoms with Gasteiger partial charge >= 0.3 is 0 Å². The Hall–Kier alpha value is -3.96. The van der Waals surface area contributed by atoms with Gasteiger partial charge in [-0.3, -0.25) is 14.4 Å². The number of furan rings is 1. The Kier molecular flexibility index (Phi) is 8.04. The molecule has 1 saturated heterocycles. The second-order valence-electron chi connectivity index (χ2n) is 9.87. The third kappa shape index (κ3) is 5.52. The monoisotopic (exact) mass is 565 g/mol. The number of nitrogens with zero attached hydrogens (tertiary/aromatic N) is 2. The minimum Gasteiger partial charge on any atom is -0.467 e. The lowest BCUT2D eigenvalue weighted by Crippen LogP contribution is -2.49. The van der Waals surface area contributed by atoms with E-state index in [1.54, 1.807) is 18.2 Å². The number of hydrogen-bond donors (Lipinski definition) is 1. The smallest absolute Gasteiger partial charge is 0.269 e. The Bertz CT molecular complexity index is 1500. The second-order valence-corrected chi connectivity index (χ2v) is 11.7. The summed E-state index contributed by atoms with van der Waals surface area (Å²) in [6, 6.07) is 15.6. The average Bonchev–Trinajstić information content (AvgIpc) is 3.70. The molecule has 2 atom stereocenters. The summed E-state index contributed by atoms with van der Waals surface area (Å²) in [7, 11) is -4.22. The lowest BCUT2D eigenvalue weighted by molar-refractivity contribution is -0.141. The van der Waals surface area contributed by atoms with Gasteiger partial charge < -0.3 is 19.4 Å². The van der Waals surface area contributed by atoms with Crippen LogP contribution in [-0.2, 0) is 30.8 Å². The molecule has 3 aromatic rings. The third-order valence-corrected chi connectivity index (χ3v) is 9.08. The molecule has 3 heterocycles. The van der Waals surface area contributed by atoms with E-state index in [1.165, 1.54) is 29.4 Å². The largest absolute Gasteiger partial charge is 0.467 e. The Morgan fingerprint density at radius 2 is 1.88 bits per heavy atom. The molecule has 0 radical (unpaired) electrons. The van der Waals surface area contributed by atoms with Gasteiger partial charge in [-0.05, 0) is 61.6 Å². The van der Waals surface area contributed by atoms with Gasteiger partial charge in [0.2, 0.25) is 5.91 Å². The van der Waals surface area contributed by atoms with Crippen molar-refractivity contribution >= 4 is 27.7 Å². The first-order valence-electron chi connectivity index (χ1n) is 13.2. The van der Waals surface area contributed by atoms with E-state index in [1.807, 2.05) is 31.2 Å². The SMILES string of the molecule is Cc1ccccc1CCN(C(=O)CN1C(=O)c2ccccc2S1(=O)=O)[C@H](C(=O)NC[C@@H]1CCCO1)c1ccco1. The van der Waals surface area contributed by atoms with E-state index in [0.29, 0.717) is 17.3 Å². The minimum atomic E-state index is -4.22. The molecule has 2 aliphatic heterocycles. The van der Waals surface area contributed by atoms with Gasteiger partial charge in [-0.15, -0.1) is 0 Å². The van der Waals surface area contributed by atoms with Crippen molar-refractivity contribution in [2.75, 3.05) is 26.2 Å². The fourth-order valence-electron chi connectivity index (χ4n) is 5.12. The van der Waals surface area contributed by atoms with Crippen LogP contribution in [0.15, 0.2) is 76.2 Å². The molecule has 0 bridgehead atoms. The van der Waals surface area contributed by atoms with E-state index in [0.717, 1.165) is 24.0 Å². The highest BCUT2D eigenvalue weighted by Crippen LogP contribution is 2.31. The summed E-state index contributed by atoms with van der Waals surface area (Å²) in [4.78, 5) is 41.7. The first-order valence-corrected chi connectivity index (χ1v) is 14.6. The molecule has 3 amide bonds. The predicted octanol–water partition coefficient (Wildman–Crippen LogP) is 2.84. The topological polar surface area (TPSA) is 126 Å². The molecule has 0 unspecified atom stereocenters. The lowest BCUT2D eigenvalue weighted by atomic mass is 10.0. The quantitative estimate of drug-likeness (QED) is 0.401. The van der Waals surface area contributed by atoms with Crippen molar-refractivity contribution in [2.45, 2.75) is 43.2 Å². The van der Waals surface area contributed by atoms with Gasteiger partial charge in [0.25, 0.3) is 21.8 Å². The fraction of sp³-hybridized carbons (Fsp3) is 0.345. The maximum Gasteiger partial charge on any atom is 0.269 e. The molecular formula is C29H31N3O7S. The number of benzene rings is 2. The van der Waals surface area contributed by atoms with Crippen LogP contribution in [0.25, 0.3) is 0 Å². The van der Waals surface area contributed by atoms with Gasteiger partial charge in [0, 0.05) is 19.7 Å². The third-order valence-electron chi connectivity index (χ3n) is 7.30. The molecule has 5 rings (SSSR count). The molecule has 1 N–H and O–H groups in total. The van der Waals surface area contributed by atoms with E-state index in [9.17, 15) is 22.8 Å². The van der Waals surface area contributed by atoms with Crippen LogP contribution in [-0.4, -0.2) is 67.7 Å². The van der Waals surface area contributed by atoms with Crippen LogP contribution in [0.2, 0.25) is 0 Å². The van der Waals surface area contributed by atoms with E-state index in [2.05, 4.69) is 5.32 Å². The number of carbonyl (C=O) groups is 3. The van der Waals surface area contributed by atoms with Crippen molar-refractivity contribution in [1.29, 1.82) is 0 Å². The van der Waals surface area contributed by atoms with E-state index >= 15 is 0 Å². The van der Waals surface area contributed by atoms with Crippen LogP contribution in [0, 0.1) is 6.92 Å². The summed E-state index contributed by atoms with van der Waals surface area (Å²) in [6.07, 6.45) is 3.41. The van der Waals surface area contributed by atoms with Crippen molar-refractivity contribution in [3.05, 3.63) is 89.4 Å². The molecule has 0 aliphatic carbocycles. The van der Waals surface area contributed by atoms with Gasteiger partial charge in [0.1, 0.15) is 17.2 Å². The van der Waals surface area contributed by atoms with Crippen molar-refractivity contribution in [1.82, 2.24) is 14.5 Å². The summed E-state index contributed by atoms with van der Waals surface area (Å²) in [5, 5.41) is 2.87. The molecule has 1 fully saturated rings. The highest BCUT2D eigenvalue weighted by Gasteiger charge is 2.44. The molecule has 0 spiro atoms. The Morgan fingerprint density at radius 1 is 1.10 bits per heavy atom. The number of ether oxygens (including phenoxy) is 1. The number of nitrogens with one attached hydrogen (secondary N) is 1. The highest BCUT2D eigenvalue weighted by atomic mass is 32.2. The molecular weight excluding hydrogens is 534 g/mol. The van der Waals surface area contributed by atoms with E-state index in [-0.39, 0.29) is 35.4 Å². The Labute approximate surface area is 233 Å². The van der Waals surface area contributed by atoms with Crippen molar-refractivity contribution < 1.29 is 32.0 Å². The molecule has 2 aliphatic rings. The number of sulfonamides is 1.